The highest BCUT2D eigenvalue weighted by Crippen LogP contribution is 2.64. The molecule has 72 valence electrons. The zero-order valence-corrected chi connectivity index (χ0v) is 8.46. The molecule has 0 spiro atoms. The molecule has 0 aromatic heterocycles. The van der Waals surface area contributed by atoms with Crippen molar-refractivity contribution in [1.82, 2.24) is 0 Å². The van der Waals surface area contributed by atoms with Crippen molar-refractivity contribution < 1.29 is 9.53 Å². The Hall–Kier alpha value is -1.05. The second-order valence-corrected chi connectivity index (χ2v) is 4.12. The van der Waals surface area contributed by atoms with E-state index in [0.717, 1.165) is 6.42 Å². The average molecular weight is 180 g/mol. The summed E-state index contributed by atoms with van der Waals surface area (Å²) in [5.74, 6) is -0.143. The molecule has 1 unspecified atom stereocenters. The van der Waals surface area contributed by atoms with Crippen LogP contribution < -0.4 is 0 Å². The van der Waals surface area contributed by atoms with Gasteiger partial charge in [-0.15, -0.1) is 0 Å². The summed E-state index contributed by atoms with van der Waals surface area (Å²) in [7, 11) is 1.43. The molecule has 0 aliphatic heterocycles. The molecule has 0 N–H and O–H groups in total. The summed E-state index contributed by atoms with van der Waals surface area (Å²) >= 11 is 0. The molecule has 2 heteroatoms. The molecule has 0 saturated heterocycles. The zero-order chi connectivity index (χ0) is 10.1. The zero-order valence-electron chi connectivity index (χ0n) is 8.46. The van der Waals surface area contributed by atoms with Gasteiger partial charge in [-0.2, -0.15) is 0 Å². The molecule has 2 nitrogen and oxygen atoms in total. The summed E-state index contributed by atoms with van der Waals surface area (Å²) in [5.41, 5.74) is -0.379. The van der Waals surface area contributed by atoms with Crippen molar-refractivity contribution in [2.45, 2.75) is 20.3 Å². The molecule has 1 fully saturated rings. The smallest absolute Gasteiger partial charge is 0.316 e. The average Bonchev–Trinajstić information content (AvgIpc) is 2.65. The summed E-state index contributed by atoms with van der Waals surface area (Å²) in [6.45, 7) is 7.72. The van der Waals surface area contributed by atoms with Crippen molar-refractivity contribution in [3.05, 3.63) is 24.8 Å². The summed E-state index contributed by atoms with van der Waals surface area (Å²) in [6.07, 6.45) is 6.24. The van der Waals surface area contributed by atoms with Gasteiger partial charge in [0.25, 0.3) is 0 Å². The van der Waals surface area contributed by atoms with Crippen LogP contribution in [-0.2, 0) is 9.53 Å². The van der Waals surface area contributed by atoms with Crippen LogP contribution in [0.4, 0.5) is 0 Å². The van der Waals surface area contributed by atoms with Gasteiger partial charge in [0, 0.05) is 0 Å². The number of hydrogen-bond donors (Lipinski definition) is 0. The third kappa shape index (κ3) is 1.41. The van der Waals surface area contributed by atoms with Crippen molar-refractivity contribution in [3.63, 3.8) is 0 Å². The first-order valence-electron chi connectivity index (χ1n) is 4.39. The summed E-state index contributed by atoms with van der Waals surface area (Å²) in [6, 6.07) is 0. The lowest BCUT2D eigenvalue weighted by atomic mass is 9.95. The second-order valence-electron chi connectivity index (χ2n) is 4.12. The normalized spacial score (nSPS) is 30.1. The van der Waals surface area contributed by atoms with Crippen LogP contribution in [0.3, 0.4) is 0 Å². The lowest BCUT2D eigenvalue weighted by Gasteiger charge is -2.12. The molecule has 1 saturated carbocycles. The third-order valence-corrected chi connectivity index (χ3v) is 2.87. The van der Waals surface area contributed by atoms with E-state index >= 15 is 0 Å². The SMILES string of the molecule is C=CC=CC1(C(=O)OC)CC1(C)C. The lowest BCUT2D eigenvalue weighted by molar-refractivity contribution is -0.146. The van der Waals surface area contributed by atoms with Gasteiger partial charge in [0.1, 0.15) is 0 Å². The third-order valence-electron chi connectivity index (χ3n) is 2.87. The van der Waals surface area contributed by atoms with Crippen LogP contribution in [0.1, 0.15) is 20.3 Å². The van der Waals surface area contributed by atoms with Crippen LogP contribution in [0.25, 0.3) is 0 Å². The predicted octanol–water partition coefficient (Wildman–Crippen LogP) is 2.32. The number of esters is 1. The Morgan fingerprint density at radius 1 is 1.54 bits per heavy atom. The highest BCUT2D eigenvalue weighted by Gasteiger charge is 2.65. The number of allylic oxidation sites excluding steroid dienone is 2. The van der Waals surface area contributed by atoms with Gasteiger partial charge < -0.3 is 4.74 Å². The van der Waals surface area contributed by atoms with Crippen LogP contribution in [0.2, 0.25) is 0 Å². The van der Waals surface area contributed by atoms with E-state index < -0.39 is 5.41 Å². The minimum atomic E-state index is -0.407. The quantitative estimate of drug-likeness (QED) is 0.492. The lowest BCUT2D eigenvalue weighted by Crippen LogP contribution is -2.20. The fourth-order valence-corrected chi connectivity index (χ4v) is 1.77. The molecule has 1 atom stereocenters. The van der Waals surface area contributed by atoms with Crippen LogP contribution in [-0.4, -0.2) is 13.1 Å². The van der Waals surface area contributed by atoms with E-state index in [1.54, 1.807) is 6.08 Å². The Balaban J connectivity index is 2.87. The van der Waals surface area contributed by atoms with Gasteiger partial charge in [-0.25, -0.2) is 0 Å². The van der Waals surface area contributed by atoms with Gasteiger partial charge in [-0.3, -0.25) is 4.79 Å². The van der Waals surface area contributed by atoms with Crippen LogP contribution in [0, 0.1) is 10.8 Å². The van der Waals surface area contributed by atoms with E-state index in [9.17, 15) is 4.79 Å². The number of carbonyl (C=O) groups is 1. The molecule has 0 heterocycles. The van der Waals surface area contributed by atoms with Crippen molar-refractivity contribution >= 4 is 5.97 Å². The number of methoxy groups -OCH3 is 1. The van der Waals surface area contributed by atoms with Crippen molar-refractivity contribution in [2.24, 2.45) is 10.8 Å². The minimum absolute atomic E-state index is 0.0274. The van der Waals surface area contributed by atoms with Crippen LogP contribution in [0.15, 0.2) is 24.8 Å². The van der Waals surface area contributed by atoms with Crippen molar-refractivity contribution in [2.75, 3.05) is 7.11 Å². The number of carbonyl (C=O) groups excluding carboxylic acids is 1. The molecular weight excluding hydrogens is 164 g/mol. The Labute approximate surface area is 79.3 Å². The molecule has 1 aliphatic rings. The first-order valence-corrected chi connectivity index (χ1v) is 4.39. The largest absolute Gasteiger partial charge is 0.468 e. The van der Waals surface area contributed by atoms with Crippen molar-refractivity contribution in [1.29, 1.82) is 0 Å². The Bertz CT molecular complexity index is 263. The maximum Gasteiger partial charge on any atom is 0.316 e. The first-order chi connectivity index (χ1) is 6.00. The van der Waals surface area contributed by atoms with E-state index in [1.165, 1.54) is 7.11 Å². The van der Waals surface area contributed by atoms with Crippen molar-refractivity contribution in [3.8, 4) is 0 Å². The standard InChI is InChI=1S/C11H16O2/c1-5-6-7-11(9(12)13-4)8-10(11,2)3/h5-7H,1,8H2,2-4H3. The van der Waals surface area contributed by atoms with Gasteiger partial charge in [0.15, 0.2) is 0 Å². The van der Waals surface area contributed by atoms with Gasteiger partial charge in [0.2, 0.25) is 0 Å². The van der Waals surface area contributed by atoms with E-state index in [1.807, 2.05) is 12.2 Å². The van der Waals surface area contributed by atoms with Gasteiger partial charge in [-0.05, 0) is 11.8 Å². The second kappa shape index (κ2) is 3.02. The molecule has 0 radical (unpaired) electrons. The monoisotopic (exact) mass is 180 g/mol. The Morgan fingerprint density at radius 2 is 2.08 bits per heavy atom. The van der Waals surface area contributed by atoms with Crippen LogP contribution >= 0.6 is 0 Å². The summed E-state index contributed by atoms with van der Waals surface area (Å²) in [4.78, 5) is 11.5. The fraction of sp³-hybridized carbons (Fsp3) is 0.545. The molecule has 1 aliphatic carbocycles. The number of ether oxygens (including phenoxy) is 1. The highest BCUT2D eigenvalue weighted by atomic mass is 16.5. The fourth-order valence-electron chi connectivity index (χ4n) is 1.77. The van der Waals surface area contributed by atoms with E-state index in [2.05, 4.69) is 20.4 Å². The maximum atomic E-state index is 11.5. The molecule has 0 amide bonds. The topological polar surface area (TPSA) is 26.3 Å². The minimum Gasteiger partial charge on any atom is -0.468 e. The maximum absolute atomic E-state index is 11.5. The molecule has 0 aromatic carbocycles. The van der Waals surface area contributed by atoms with E-state index in [4.69, 9.17) is 4.74 Å². The summed E-state index contributed by atoms with van der Waals surface area (Å²) < 4.78 is 4.79. The van der Waals surface area contributed by atoms with E-state index in [-0.39, 0.29) is 11.4 Å². The van der Waals surface area contributed by atoms with Gasteiger partial charge >= 0.3 is 5.97 Å². The number of rotatable bonds is 3. The van der Waals surface area contributed by atoms with E-state index in [0.29, 0.717) is 0 Å². The molecule has 13 heavy (non-hydrogen) atoms. The molecular formula is C11H16O2. The molecule has 1 rings (SSSR count). The first kappa shape index (κ1) is 10.0. The highest BCUT2D eigenvalue weighted by molar-refractivity contribution is 5.84. The van der Waals surface area contributed by atoms with Crippen LogP contribution in [0.5, 0.6) is 0 Å². The Morgan fingerprint density at radius 3 is 2.38 bits per heavy atom. The summed E-state index contributed by atoms with van der Waals surface area (Å²) in [5, 5.41) is 0. The molecule has 0 aromatic rings. The van der Waals surface area contributed by atoms with Gasteiger partial charge in [-0.1, -0.05) is 38.7 Å². The Kier molecular flexibility index (Phi) is 2.33. The number of hydrogen-bond acceptors (Lipinski definition) is 2. The molecule has 0 bridgehead atoms. The van der Waals surface area contributed by atoms with Gasteiger partial charge in [0.05, 0.1) is 12.5 Å². The predicted molar refractivity (Wildman–Crippen MR) is 52.2 cm³/mol.